The number of hydrogen-bond acceptors (Lipinski definition) is 5. The maximum atomic E-state index is 12.7. The third-order valence-electron chi connectivity index (χ3n) is 3.29. The predicted octanol–water partition coefficient (Wildman–Crippen LogP) is 2.92. The maximum Gasteiger partial charge on any atom is 0.394 e. The number of aliphatic imine (C=N–C) groups is 1. The van der Waals surface area contributed by atoms with Crippen molar-refractivity contribution in [2.75, 3.05) is 13.1 Å². The van der Waals surface area contributed by atoms with E-state index < -0.39 is 10.4 Å². The van der Waals surface area contributed by atoms with Gasteiger partial charge >= 0.3 is 10.4 Å². The Morgan fingerprint density at radius 2 is 1.69 bits per heavy atom. The van der Waals surface area contributed by atoms with E-state index in [0.29, 0.717) is 39.1 Å². The largest absolute Gasteiger partial charge is 0.394 e. The molecule has 3 N–H and O–H groups in total. The number of carbonyl (C=O) groups is 1. The minimum atomic E-state index is -4.67. The van der Waals surface area contributed by atoms with Gasteiger partial charge in [-0.25, -0.2) is 0 Å². The summed E-state index contributed by atoms with van der Waals surface area (Å²) in [5.41, 5.74) is 1.69. The Hall–Kier alpha value is -1.97. The molecule has 0 saturated carbocycles. The highest BCUT2D eigenvalue weighted by Crippen LogP contribution is 2.30. The number of ketones is 1. The number of rotatable bonds is 3. The number of amidine groups is 1. The van der Waals surface area contributed by atoms with Gasteiger partial charge in [-0.3, -0.25) is 18.9 Å². The van der Waals surface area contributed by atoms with Gasteiger partial charge in [0, 0.05) is 23.2 Å². The Bertz CT molecular complexity index is 939. The van der Waals surface area contributed by atoms with Gasteiger partial charge in [0.2, 0.25) is 0 Å². The van der Waals surface area contributed by atoms with Crippen molar-refractivity contribution < 1.29 is 22.3 Å². The minimum Gasteiger partial charge on any atom is -0.368 e. The van der Waals surface area contributed by atoms with Gasteiger partial charge in [-0.05, 0) is 12.1 Å². The van der Waals surface area contributed by atoms with Crippen LogP contribution in [-0.4, -0.2) is 42.2 Å². The molecule has 1 heterocycles. The van der Waals surface area contributed by atoms with Crippen LogP contribution in [0.15, 0.2) is 47.5 Å². The number of nitrogens with zero attached hydrogens (tertiary/aromatic N) is 1. The lowest BCUT2D eigenvalue weighted by Crippen LogP contribution is -2.23. The quantitative estimate of drug-likeness (QED) is 0.523. The molecule has 0 saturated heterocycles. The van der Waals surface area contributed by atoms with E-state index in [2.05, 4.69) is 10.3 Å². The fraction of sp³-hybridized carbons (Fsp3) is 0.125. The molecule has 1 aliphatic rings. The first-order chi connectivity index (χ1) is 12.2. The van der Waals surface area contributed by atoms with Crippen LogP contribution in [0, 0.1) is 0 Å². The Morgan fingerprint density at radius 3 is 2.23 bits per heavy atom. The Kier molecular flexibility index (Phi) is 6.74. The zero-order valence-electron chi connectivity index (χ0n) is 13.2. The Labute approximate surface area is 160 Å². The number of carbonyl (C=O) groups excluding carboxylic acids is 1. The molecule has 0 aliphatic carbocycles. The van der Waals surface area contributed by atoms with Crippen LogP contribution >= 0.6 is 23.2 Å². The normalized spacial score (nSPS) is 13.3. The van der Waals surface area contributed by atoms with Crippen LogP contribution in [0.25, 0.3) is 0 Å². The molecule has 0 unspecified atom stereocenters. The summed E-state index contributed by atoms with van der Waals surface area (Å²) in [5, 5.41) is 3.91. The third-order valence-corrected chi connectivity index (χ3v) is 4.09. The molecule has 3 rings (SSSR count). The molecule has 0 fully saturated rings. The first kappa shape index (κ1) is 20.3. The molecular formula is C16H14Cl2N2O5S. The molecule has 26 heavy (non-hydrogen) atoms. The molecule has 138 valence electrons. The second-order valence-electron chi connectivity index (χ2n) is 5.08. The molecule has 0 bridgehead atoms. The lowest BCUT2D eigenvalue weighted by atomic mass is 9.97. The van der Waals surface area contributed by atoms with E-state index in [4.69, 9.17) is 40.7 Å². The number of halogens is 2. The lowest BCUT2D eigenvalue weighted by molar-refractivity contribution is 0.103. The van der Waals surface area contributed by atoms with Crippen LogP contribution in [0.5, 0.6) is 0 Å². The molecule has 0 atom stereocenters. The molecule has 10 heteroatoms. The van der Waals surface area contributed by atoms with E-state index in [1.165, 1.54) is 0 Å². The van der Waals surface area contributed by atoms with Crippen molar-refractivity contribution in [3.05, 3.63) is 69.2 Å². The van der Waals surface area contributed by atoms with Gasteiger partial charge < -0.3 is 5.32 Å². The summed E-state index contributed by atoms with van der Waals surface area (Å²) in [7, 11) is -4.67. The molecule has 7 nitrogen and oxygen atoms in total. The Balaban J connectivity index is 0.000000431. The first-order valence-corrected chi connectivity index (χ1v) is 9.40. The summed E-state index contributed by atoms with van der Waals surface area (Å²) < 4.78 is 31.6. The van der Waals surface area contributed by atoms with Gasteiger partial charge in [-0.15, -0.1) is 0 Å². The van der Waals surface area contributed by atoms with Crippen LogP contribution in [0.1, 0.15) is 21.5 Å². The van der Waals surface area contributed by atoms with Crippen LogP contribution in [0.3, 0.4) is 0 Å². The van der Waals surface area contributed by atoms with Crippen LogP contribution in [-0.2, 0) is 10.4 Å². The van der Waals surface area contributed by atoms with Crippen molar-refractivity contribution in [1.29, 1.82) is 0 Å². The van der Waals surface area contributed by atoms with Crippen LogP contribution in [0.4, 0.5) is 0 Å². The third kappa shape index (κ3) is 5.52. The second-order valence-corrected chi connectivity index (χ2v) is 6.76. The van der Waals surface area contributed by atoms with Gasteiger partial charge in [0.25, 0.3) is 0 Å². The molecule has 0 amide bonds. The molecule has 2 aromatic carbocycles. The summed E-state index contributed by atoms with van der Waals surface area (Å²) in [6.45, 7) is 1.40. The van der Waals surface area contributed by atoms with E-state index in [0.717, 1.165) is 6.54 Å². The average molecular weight is 417 g/mol. The zero-order chi connectivity index (χ0) is 19.3. The van der Waals surface area contributed by atoms with Crippen LogP contribution < -0.4 is 5.32 Å². The maximum absolute atomic E-state index is 12.7. The van der Waals surface area contributed by atoms with Crippen molar-refractivity contribution in [3.63, 3.8) is 0 Å². The lowest BCUT2D eigenvalue weighted by Gasteiger charge is -2.12. The fourth-order valence-electron chi connectivity index (χ4n) is 2.28. The monoisotopic (exact) mass is 416 g/mol. The highest BCUT2D eigenvalue weighted by molar-refractivity contribution is 7.79. The van der Waals surface area contributed by atoms with Gasteiger partial charge in [0.1, 0.15) is 5.84 Å². The van der Waals surface area contributed by atoms with Gasteiger partial charge in [0.05, 0.1) is 16.6 Å². The highest BCUT2D eigenvalue weighted by atomic mass is 35.5. The molecule has 0 spiro atoms. The molecule has 1 aliphatic heterocycles. The molecular weight excluding hydrogens is 403 g/mol. The van der Waals surface area contributed by atoms with Crippen molar-refractivity contribution >= 4 is 45.2 Å². The second kappa shape index (κ2) is 8.61. The van der Waals surface area contributed by atoms with E-state index >= 15 is 0 Å². The van der Waals surface area contributed by atoms with Gasteiger partial charge in [-0.1, -0.05) is 53.5 Å². The average Bonchev–Trinajstić information content (AvgIpc) is 3.10. The van der Waals surface area contributed by atoms with Crippen molar-refractivity contribution in [3.8, 4) is 0 Å². The standard InChI is InChI=1S/C16H12Cl2N2O.H2O4S/c17-12-7-6-11(15(21)10-4-2-1-3-5-10)13(14(12)18)16-19-8-9-20-16;1-5(2,3)4/h1-7H,8-9H2,(H,19,20);(H2,1,2,3,4). The van der Waals surface area contributed by atoms with Crippen molar-refractivity contribution in [2.45, 2.75) is 0 Å². The van der Waals surface area contributed by atoms with E-state index in [-0.39, 0.29) is 5.78 Å². The SMILES string of the molecule is O=C(c1ccccc1)c1ccc(Cl)c(Cl)c1C1=NCCN1.O=S(=O)(O)O. The minimum absolute atomic E-state index is 0.0967. The highest BCUT2D eigenvalue weighted by Gasteiger charge is 2.23. The smallest absolute Gasteiger partial charge is 0.368 e. The van der Waals surface area contributed by atoms with Crippen molar-refractivity contribution in [1.82, 2.24) is 5.32 Å². The molecule has 0 radical (unpaired) electrons. The predicted molar refractivity (Wildman–Crippen MR) is 99.9 cm³/mol. The molecule has 2 aromatic rings. The summed E-state index contributed by atoms with van der Waals surface area (Å²) in [5.74, 6) is 0.530. The summed E-state index contributed by atoms with van der Waals surface area (Å²) in [6, 6.07) is 12.4. The topological polar surface area (TPSA) is 116 Å². The number of benzene rings is 2. The Morgan fingerprint density at radius 1 is 1.08 bits per heavy atom. The van der Waals surface area contributed by atoms with Crippen molar-refractivity contribution in [2.24, 2.45) is 4.99 Å². The molecule has 0 aromatic heterocycles. The van der Waals surface area contributed by atoms with Gasteiger partial charge in [0.15, 0.2) is 5.78 Å². The van der Waals surface area contributed by atoms with E-state index in [1.54, 1.807) is 24.3 Å². The summed E-state index contributed by atoms with van der Waals surface area (Å²) >= 11 is 12.4. The number of nitrogens with one attached hydrogen (secondary N) is 1. The van der Waals surface area contributed by atoms with Crippen LogP contribution in [0.2, 0.25) is 10.0 Å². The van der Waals surface area contributed by atoms with E-state index in [9.17, 15) is 4.79 Å². The van der Waals surface area contributed by atoms with E-state index in [1.807, 2.05) is 18.2 Å². The zero-order valence-corrected chi connectivity index (χ0v) is 15.5. The summed E-state index contributed by atoms with van der Waals surface area (Å²) in [6.07, 6.45) is 0. The summed E-state index contributed by atoms with van der Waals surface area (Å²) in [4.78, 5) is 17.1. The fourth-order valence-corrected chi connectivity index (χ4v) is 2.69. The number of hydrogen-bond donors (Lipinski definition) is 3. The van der Waals surface area contributed by atoms with Gasteiger partial charge in [-0.2, -0.15) is 8.42 Å². The first-order valence-electron chi connectivity index (χ1n) is 7.25.